The van der Waals surface area contributed by atoms with E-state index in [-0.39, 0.29) is 41.8 Å². The molecule has 0 aliphatic carbocycles. The Morgan fingerprint density at radius 2 is 1.51 bits per heavy atom. The van der Waals surface area contributed by atoms with Gasteiger partial charge in [-0.15, -0.1) is 0 Å². The molecule has 282 valence electrons. The lowest BCUT2D eigenvalue weighted by Crippen LogP contribution is -2.53. The van der Waals surface area contributed by atoms with Gasteiger partial charge in [0.25, 0.3) is 0 Å². The number of hydrogen-bond donors (Lipinski definition) is 5. The first-order valence-corrected chi connectivity index (χ1v) is 18.3. The Balaban J connectivity index is 1.12. The number of aromatic amines is 2. The lowest BCUT2D eigenvalue weighted by atomic mass is 10.0. The quantitative estimate of drug-likeness (QED) is 0.151. The summed E-state index contributed by atoms with van der Waals surface area (Å²) in [7, 11) is 2.81. The summed E-state index contributed by atoms with van der Waals surface area (Å²) in [5, 5.41) is 8.02. The van der Waals surface area contributed by atoms with Gasteiger partial charge in [-0.25, -0.2) is 19.6 Å². The van der Waals surface area contributed by atoms with Crippen LogP contribution in [0.5, 0.6) is 0 Å². The van der Waals surface area contributed by atoms with Crippen LogP contribution in [0, 0.1) is 11.8 Å². The van der Waals surface area contributed by atoms with Crippen LogP contribution in [0.2, 0.25) is 0 Å². The summed E-state index contributed by atoms with van der Waals surface area (Å²) in [6.07, 6.45) is 8.33. The molecule has 5 N–H and O–H groups in total. The number of imidazole rings is 2. The van der Waals surface area contributed by atoms with Crippen LogP contribution in [-0.4, -0.2) is 103 Å². The van der Waals surface area contributed by atoms with Crippen molar-refractivity contribution in [1.82, 2.24) is 55.7 Å². The van der Waals surface area contributed by atoms with E-state index in [1.807, 2.05) is 50.8 Å². The van der Waals surface area contributed by atoms with Crippen LogP contribution in [-0.2, 0) is 20.7 Å². The number of hydrogen-bond acceptors (Lipinski definition) is 9. The molecule has 1 aromatic carbocycles. The number of carbonyl (C=O) groups excluding carboxylic acids is 4. The minimum atomic E-state index is -0.696. The van der Waals surface area contributed by atoms with E-state index >= 15 is 0 Å². The normalized spacial score (nSPS) is 18.4. The molecule has 5 amide bonds. The number of urea groups is 1. The van der Waals surface area contributed by atoms with Gasteiger partial charge < -0.3 is 40.5 Å². The average molecular weight is 728 g/mol. The smallest absolute Gasteiger partial charge is 0.407 e. The van der Waals surface area contributed by atoms with E-state index in [0.29, 0.717) is 36.9 Å². The maximum atomic E-state index is 13.6. The van der Waals surface area contributed by atoms with Gasteiger partial charge in [0.15, 0.2) is 0 Å². The zero-order chi connectivity index (χ0) is 37.8. The monoisotopic (exact) mass is 727 g/mol. The lowest BCUT2D eigenvalue weighted by Gasteiger charge is -2.30. The molecular formula is C37H49N11O5. The van der Waals surface area contributed by atoms with Crippen LogP contribution >= 0.6 is 0 Å². The van der Waals surface area contributed by atoms with Crippen molar-refractivity contribution < 1.29 is 23.9 Å². The summed E-state index contributed by atoms with van der Waals surface area (Å²) in [5.41, 5.74) is 4.80. The molecule has 0 radical (unpaired) electrons. The number of fused-ring (bicyclic) bond motifs is 1. The first-order chi connectivity index (χ1) is 25.5. The molecule has 4 aromatic rings. The third kappa shape index (κ3) is 8.10. The highest BCUT2D eigenvalue weighted by Crippen LogP contribution is 2.34. The molecule has 0 spiro atoms. The Morgan fingerprint density at radius 3 is 2.11 bits per heavy atom. The second kappa shape index (κ2) is 16.0. The molecule has 2 saturated heterocycles. The number of nitrogens with zero attached hydrogens (tertiary/aromatic N) is 6. The predicted octanol–water partition coefficient (Wildman–Crippen LogP) is 4.00. The fraction of sp³-hybridized carbons (Fsp3) is 0.514. The first kappa shape index (κ1) is 37.2. The topological polar surface area (TPSA) is 203 Å². The number of rotatable bonds is 11. The molecule has 6 rings (SSSR count). The van der Waals surface area contributed by atoms with Gasteiger partial charge in [0.05, 0.1) is 47.8 Å². The molecule has 3 aromatic heterocycles. The Labute approximate surface area is 308 Å². The van der Waals surface area contributed by atoms with E-state index in [9.17, 15) is 19.2 Å². The second-order valence-electron chi connectivity index (χ2n) is 14.4. The maximum Gasteiger partial charge on any atom is 0.407 e. The third-order valence-electron chi connectivity index (χ3n) is 10.1. The standard InChI is InChI=1S/C37H49N11O5/c1-20(2)30(45-36(51)38-5)34(49)48-14-8-10-29(48)33-43-25-12-11-22(15-26(25)44-33)27-19-39-23(17-40-27)16-24-18-41-32(42-24)28-9-7-13-47(28)35(50)31(21(3)4)46-37(52)53-6/h11-12,15,17-21,28-31H,7-10,13-14,16H2,1-6H3,(H,41,42)(H,43,44)(H,46,52)(H2,38,45,51). The number of ether oxygens (including phenoxy) is 1. The number of carbonyl (C=O) groups is 4. The van der Waals surface area contributed by atoms with Crippen LogP contribution in [0.1, 0.15) is 88.5 Å². The molecule has 4 unspecified atom stereocenters. The summed E-state index contributed by atoms with van der Waals surface area (Å²) < 4.78 is 4.74. The van der Waals surface area contributed by atoms with Crippen LogP contribution in [0.3, 0.4) is 0 Å². The molecule has 53 heavy (non-hydrogen) atoms. The van der Waals surface area contributed by atoms with Crippen LogP contribution in [0.25, 0.3) is 22.3 Å². The van der Waals surface area contributed by atoms with E-state index in [2.05, 4.69) is 35.9 Å². The number of methoxy groups -OCH3 is 1. The Hall–Kier alpha value is -5.54. The predicted molar refractivity (Wildman–Crippen MR) is 196 cm³/mol. The van der Waals surface area contributed by atoms with Gasteiger partial charge in [-0.2, -0.15) is 0 Å². The highest BCUT2D eigenvalue weighted by molar-refractivity contribution is 5.88. The number of H-pyrrole nitrogens is 2. The molecule has 16 heteroatoms. The molecule has 4 atom stereocenters. The van der Waals surface area contributed by atoms with Crippen LogP contribution in [0.15, 0.2) is 36.8 Å². The summed E-state index contributed by atoms with van der Waals surface area (Å²) in [6.45, 7) is 8.80. The van der Waals surface area contributed by atoms with Crippen molar-refractivity contribution in [1.29, 1.82) is 0 Å². The van der Waals surface area contributed by atoms with Crippen molar-refractivity contribution in [2.24, 2.45) is 11.8 Å². The number of benzene rings is 1. The highest BCUT2D eigenvalue weighted by Gasteiger charge is 2.39. The largest absolute Gasteiger partial charge is 0.453 e. The third-order valence-corrected chi connectivity index (χ3v) is 10.1. The number of aromatic nitrogens is 6. The minimum Gasteiger partial charge on any atom is -0.453 e. The Morgan fingerprint density at radius 1 is 0.849 bits per heavy atom. The molecule has 2 fully saturated rings. The fourth-order valence-electron chi connectivity index (χ4n) is 7.19. The van der Waals surface area contributed by atoms with Gasteiger partial charge in [-0.3, -0.25) is 19.6 Å². The summed E-state index contributed by atoms with van der Waals surface area (Å²) in [6, 6.07) is 3.72. The zero-order valence-corrected chi connectivity index (χ0v) is 31.1. The van der Waals surface area contributed by atoms with E-state index in [4.69, 9.17) is 14.7 Å². The Kier molecular flexibility index (Phi) is 11.2. The summed E-state index contributed by atoms with van der Waals surface area (Å²) in [5.74, 6) is 0.959. The molecule has 0 bridgehead atoms. The maximum absolute atomic E-state index is 13.6. The molecular weight excluding hydrogens is 678 g/mol. The molecule has 2 aliphatic rings. The van der Waals surface area contributed by atoms with Crippen molar-refractivity contribution in [2.75, 3.05) is 27.2 Å². The second-order valence-corrected chi connectivity index (χ2v) is 14.4. The zero-order valence-electron chi connectivity index (χ0n) is 31.1. The van der Waals surface area contributed by atoms with Gasteiger partial charge in [-0.05, 0) is 49.7 Å². The Bertz CT molecular complexity index is 1940. The van der Waals surface area contributed by atoms with Gasteiger partial charge >= 0.3 is 12.1 Å². The molecule has 5 heterocycles. The van der Waals surface area contributed by atoms with Crippen molar-refractivity contribution in [3.05, 3.63) is 59.8 Å². The fourth-order valence-corrected chi connectivity index (χ4v) is 7.19. The van der Waals surface area contributed by atoms with E-state index in [1.54, 1.807) is 23.5 Å². The summed E-state index contributed by atoms with van der Waals surface area (Å²) >= 11 is 0. The number of alkyl carbamates (subject to hydrolysis) is 1. The van der Waals surface area contributed by atoms with E-state index < -0.39 is 18.2 Å². The highest BCUT2D eigenvalue weighted by atomic mass is 16.5. The number of nitrogens with one attached hydrogen (secondary N) is 5. The van der Waals surface area contributed by atoms with Crippen molar-refractivity contribution in [3.63, 3.8) is 0 Å². The minimum absolute atomic E-state index is 0.0780. The van der Waals surface area contributed by atoms with Crippen molar-refractivity contribution in [2.45, 2.75) is 84.0 Å². The van der Waals surface area contributed by atoms with E-state index in [0.717, 1.165) is 53.7 Å². The average Bonchev–Trinajstić information content (AvgIpc) is 3.98. The lowest BCUT2D eigenvalue weighted by molar-refractivity contribution is -0.136. The van der Waals surface area contributed by atoms with Gasteiger partial charge in [0.1, 0.15) is 23.7 Å². The van der Waals surface area contributed by atoms with Crippen molar-refractivity contribution in [3.8, 4) is 11.3 Å². The van der Waals surface area contributed by atoms with Gasteiger partial charge in [0.2, 0.25) is 11.8 Å². The number of likely N-dealkylation sites (tertiary alicyclic amines) is 2. The van der Waals surface area contributed by atoms with E-state index in [1.165, 1.54) is 14.2 Å². The number of amides is 5. The first-order valence-electron chi connectivity index (χ1n) is 18.3. The van der Waals surface area contributed by atoms with Crippen molar-refractivity contribution >= 4 is 35.0 Å². The van der Waals surface area contributed by atoms with Crippen LogP contribution in [0.4, 0.5) is 9.59 Å². The SMILES string of the molecule is CNC(=O)NC(C(=O)N1CCCC1c1nc2ccc(-c3cnc(Cc4cnc(C5CCCN5C(=O)C(NC(=O)OC)C(C)C)[nH]4)cn3)cc2[nH]1)C(C)C. The summed E-state index contributed by atoms with van der Waals surface area (Å²) in [4.78, 5) is 80.3. The van der Waals surface area contributed by atoms with Gasteiger partial charge in [0, 0.05) is 50.2 Å². The molecule has 16 nitrogen and oxygen atoms in total. The molecule has 2 aliphatic heterocycles. The molecule has 0 saturated carbocycles. The van der Waals surface area contributed by atoms with Crippen LogP contribution < -0.4 is 16.0 Å². The van der Waals surface area contributed by atoms with Gasteiger partial charge in [-0.1, -0.05) is 33.8 Å².